The second-order valence-electron chi connectivity index (χ2n) is 6.33. The van der Waals surface area contributed by atoms with Gasteiger partial charge in [0.1, 0.15) is 11.3 Å². The molecule has 0 amide bonds. The number of hydrogen-bond donors (Lipinski definition) is 3. The number of aromatic amines is 1. The fourth-order valence-electron chi connectivity index (χ4n) is 3.16. The molecule has 5 nitrogen and oxygen atoms in total. The SMILES string of the molecule is O=C(O)c1cc2cc(-c3ccc(-c4ccccc4O)cc3)c(Cl)cc2[nH]c1=O. The number of rotatable bonds is 3. The van der Waals surface area contributed by atoms with Crippen molar-refractivity contribution < 1.29 is 15.0 Å². The Morgan fingerprint density at radius 1 is 0.893 bits per heavy atom. The van der Waals surface area contributed by atoms with Gasteiger partial charge < -0.3 is 15.2 Å². The van der Waals surface area contributed by atoms with Crippen LogP contribution in [-0.2, 0) is 0 Å². The third-order valence-electron chi connectivity index (χ3n) is 4.57. The van der Waals surface area contributed by atoms with E-state index in [4.69, 9.17) is 16.7 Å². The number of H-pyrrole nitrogens is 1. The smallest absolute Gasteiger partial charge is 0.341 e. The minimum atomic E-state index is -1.29. The molecule has 0 aliphatic heterocycles. The fourth-order valence-corrected chi connectivity index (χ4v) is 3.43. The fraction of sp³-hybridized carbons (Fsp3) is 0. The number of hydrogen-bond acceptors (Lipinski definition) is 3. The highest BCUT2D eigenvalue weighted by atomic mass is 35.5. The van der Waals surface area contributed by atoms with Crippen LogP contribution in [0, 0.1) is 0 Å². The zero-order chi connectivity index (χ0) is 19.8. The number of phenolic OH excluding ortho intramolecular Hbond substituents is 1. The van der Waals surface area contributed by atoms with Crippen molar-refractivity contribution in [3.8, 4) is 28.0 Å². The van der Waals surface area contributed by atoms with E-state index >= 15 is 0 Å². The molecule has 28 heavy (non-hydrogen) atoms. The van der Waals surface area contributed by atoms with Crippen molar-refractivity contribution in [1.82, 2.24) is 4.98 Å². The van der Waals surface area contributed by atoms with Gasteiger partial charge >= 0.3 is 5.97 Å². The highest BCUT2D eigenvalue weighted by Gasteiger charge is 2.13. The number of aromatic nitrogens is 1. The van der Waals surface area contributed by atoms with Crippen LogP contribution in [0.25, 0.3) is 33.2 Å². The highest BCUT2D eigenvalue weighted by Crippen LogP contribution is 2.34. The molecule has 0 saturated heterocycles. The van der Waals surface area contributed by atoms with E-state index in [2.05, 4.69) is 4.98 Å². The first kappa shape index (κ1) is 17.8. The lowest BCUT2D eigenvalue weighted by atomic mass is 9.98. The highest BCUT2D eigenvalue weighted by molar-refractivity contribution is 6.34. The van der Waals surface area contributed by atoms with Gasteiger partial charge in [0, 0.05) is 16.6 Å². The Hall–Kier alpha value is -3.57. The van der Waals surface area contributed by atoms with Crippen LogP contribution in [0.1, 0.15) is 10.4 Å². The molecule has 0 fully saturated rings. The lowest BCUT2D eigenvalue weighted by Crippen LogP contribution is -2.16. The summed E-state index contributed by atoms with van der Waals surface area (Å²) < 4.78 is 0. The number of carbonyl (C=O) groups is 1. The van der Waals surface area contributed by atoms with Crippen LogP contribution in [0.4, 0.5) is 0 Å². The van der Waals surface area contributed by atoms with Gasteiger partial charge in [-0.15, -0.1) is 0 Å². The van der Waals surface area contributed by atoms with E-state index in [1.165, 1.54) is 6.07 Å². The molecular weight excluding hydrogens is 378 g/mol. The van der Waals surface area contributed by atoms with Crippen LogP contribution in [0.5, 0.6) is 5.75 Å². The molecule has 0 radical (unpaired) electrons. The monoisotopic (exact) mass is 391 g/mol. The molecule has 4 aromatic rings. The summed E-state index contributed by atoms with van der Waals surface area (Å²) in [5.74, 6) is -1.09. The molecule has 0 bridgehead atoms. The van der Waals surface area contributed by atoms with Gasteiger partial charge in [0.2, 0.25) is 0 Å². The van der Waals surface area contributed by atoms with Gasteiger partial charge in [0.25, 0.3) is 5.56 Å². The van der Waals surface area contributed by atoms with Gasteiger partial charge in [-0.05, 0) is 40.8 Å². The molecule has 3 N–H and O–H groups in total. The minimum absolute atomic E-state index is 0.198. The van der Waals surface area contributed by atoms with E-state index in [0.29, 0.717) is 21.5 Å². The second kappa shape index (κ2) is 6.87. The lowest BCUT2D eigenvalue weighted by Gasteiger charge is -2.10. The van der Waals surface area contributed by atoms with Gasteiger partial charge in [-0.2, -0.15) is 0 Å². The minimum Gasteiger partial charge on any atom is -0.507 e. The van der Waals surface area contributed by atoms with Gasteiger partial charge in [-0.1, -0.05) is 54.1 Å². The summed E-state index contributed by atoms with van der Waals surface area (Å²) in [6.45, 7) is 0. The molecular formula is C22H14ClNO4. The molecule has 0 spiro atoms. The van der Waals surface area contributed by atoms with Crippen LogP contribution >= 0.6 is 11.6 Å². The predicted octanol–water partition coefficient (Wildman–Crippen LogP) is 4.92. The molecule has 0 atom stereocenters. The number of benzene rings is 3. The number of carboxylic acid groups (broad SMARTS) is 1. The normalized spacial score (nSPS) is 10.9. The van der Waals surface area contributed by atoms with Gasteiger partial charge in [0.15, 0.2) is 0 Å². The zero-order valence-corrected chi connectivity index (χ0v) is 15.2. The summed E-state index contributed by atoms with van der Waals surface area (Å²) in [5, 5.41) is 20.2. The molecule has 3 aromatic carbocycles. The molecule has 1 heterocycles. The number of phenols is 1. The maximum atomic E-state index is 11.8. The summed E-state index contributed by atoms with van der Waals surface area (Å²) in [6.07, 6.45) is 0. The number of fused-ring (bicyclic) bond motifs is 1. The van der Waals surface area contributed by atoms with Crippen LogP contribution in [0.3, 0.4) is 0 Å². The third kappa shape index (κ3) is 3.12. The molecule has 4 rings (SSSR count). The van der Waals surface area contributed by atoms with E-state index in [1.807, 2.05) is 36.4 Å². The first-order valence-corrected chi connectivity index (χ1v) is 8.80. The van der Waals surface area contributed by atoms with Crippen molar-refractivity contribution in [2.75, 3.05) is 0 Å². The molecule has 138 valence electrons. The Kier molecular flexibility index (Phi) is 4.37. The first-order valence-electron chi connectivity index (χ1n) is 8.43. The largest absolute Gasteiger partial charge is 0.507 e. The van der Waals surface area contributed by atoms with E-state index in [9.17, 15) is 14.7 Å². The van der Waals surface area contributed by atoms with Gasteiger partial charge in [-0.25, -0.2) is 4.79 Å². The summed E-state index contributed by atoms with van der Waals surface area (Å²) in [5.41, 5.74) is 2.59. The Labute approximate surface area is 164 Å². The zero-order valence-electron chi connectivity index (χ0n) is 14.4. The van der Waals surface area contributed by atoms with E-state index < -0.39 is 11.5 Å². The maximum Gasteiger partial charge on any atom is 0.341 e. The topological polar surface area (TPSA) is 90.4 Å². The molecule has 0 unspecified atom stereocenters. The van der Waals surface area contributed by atoms with Gasteiger partial charge in [0.05, 0.1) is 5.02 Å². The average molecular weight is 392 g/mol. The van der Waals surface area contributed by atoms with Crippen molar-refractivity contribution in [3.63, 3.8) is 0 Å². The van der Waals surface area contributed by atoms with Crippen molar-refractivity contribution in [1.29, 1.82) is 0 Å². The van der Waals surface area contributed by atoms with Crippen LogP contribution in [0.2, 0.25) is 5.02 Å². The van der Waals surface area contributed by atoms with Crippen LogP contribution in [0.15, 0.2) is 71.5 Å². The van der Waals surface area contributed by atoms with Crippen molar-refractivity contribution in [3.05, 3.63) is 87.7 Å². The van der Waals surface area contributed by atoms with Crippen molar-refractivity contribution in [2.45, 2.75) is 0 Å². The van der Waals surface area contributed by atoms with Crippen molar-refractivity contribution in [2.24, 2.45) is 0 Å². The van der Waals surface area contributed by atoms with Crippen molar-refractivity contribution >= 4 is 28.5 Å². The number of nitrogens with one attached hydrogen (secondary N) is 1. The quantitative estimate of drug-likeness (QED) is 0.462. The Balaban J connectivity index is 1.81. The van der Waals surface area contributed by atoms with Crippen LogP contribution in [-0.4, -0.2) is 21.2 Å². The first-order chi connectivity index (χ1) is 13.4. The van der Waals surface area contributed by atoms with Crippen LogP contribution < -0.4 is 5.56 Å². The summed E-state index contributed by atoms with van der Waals surface area (Å²) in [6, 6.07) is 19.3. The number of carboxylic acids is 1. The molecule has 0 saturated carbocycles. The summed E-state index contributed by atoms with van der Waals surface area (Å²) >= 11 is 6.40. The molecule has 6 heteroatoms. The molecule has 0 aliphatic carbocycles. The summed E-state index contributed by atoms with van der Waals surface area (Å²) in [4.78, 5) is 25.6. The Morgan fingerprint density at radius 3 is 2.18 bits per heavy atom. The number of aromatic carboxylic acids is 1. The third-order valence-corrected chi connectivity index (χ3v) is 4.89. The summed E-state index contributed by atoms with van der Waals surface area (Å²) in [7, 11) is 0. The second-order valence-corrected chi connectivity index (χ2v) is 6.74. The number of para-hydroxylation sites is 1. The van der Waals surface area contributed by atoms with E-state index in [1.54, 1.807) is 24.3 Å². The molecule has 0 aliphatic rings. The Morgan fingerprint density at radius 2 is 1.54 bits per heavy atom. The van der Waals surface area contributed by atoms with Gasteiger partial charge in [-0.3, -0.25) is 4.79 Å². The number of pyridine rings is 1. The maximum absolute atomic E-state index is 11.8. The standard InChI is InChI=1S/C22H14ClNO4/c23-18-11-19-14(10-17(22(27)28)21(26)24-19)9-16(18)13-7-5-12(6-8-13)15-3-1-2-4-20(15)25/h1-11,25H,(H,24,26)(H,27,28). The molecule has 1 aromatic heterocycles. The van der Waals surface area contributed by atoms with E-state index in [-0.39, 0.29) is 11.3 Å². The number of halogens is 1. The van der Waals surface area contributed by atoms with E-state index in [0.717, 1.165) is 16.7 Å². The predicted molar refractivity (Wildman–Crippen MR) is 109 cm³/mol. The lowest BCUT2D eigenvalue weighted by molar-refractivity contribution is 0.0695. The Bertz CT molecular complexity index is 1280. The average Bonchev–Trinajstić information content (AvgIpc) is 2.67. The number of aromatic hydroxyl groups is 1.